The summed E-state index contributed by atoms with van der Waals surface area (Å²) in [5.41, 5.74) is -0.570. The van der Waals surface area contributed by atoms with Crippen molar-refractivity contribution in [2.24, 2.45) is 0 Å². The zero-order valence-corrected chi connectivity index (χ0v) is 16.6. The van der Waals surface area contributed by atoms with Gasteiger partial charge in [0, 0.05) is 12.5 Å². The van der Waals surface area contributed by atoms with Crippen molar-refractivity contribution in [1.29, 1.82) is 0 Å². The molecule has 1 saturated heterocycles. The molecular weight excluding hydrogens is 354 g/mol. The van der Waals surface area contributed by atoms with Crippen molar-refractivity contribution in [1.82, 2.24) is 4.90 Å². The number of ether oxygens (including phenoxy) is 1. The third-order valence-electron chi connectivity index (χ3n) is 5.13. The van der Waals surface area contributed by atoms with Gasteiger partial charge in [0.25, 0.3) is 0 Å². The van der Waals surface area contributed by atoms with Gasteiger partial charge in [-0.05, 0) is 44.7 Å². The Bertz CT molecular complexity index is 789. The molecule has 2 aromatic carbocycles. The molecule has 0 spiro atoms. The molecule has 5 heteroatoms. The minimum Gasteiger partial charge on any atom is -0.548 e. The molecular formula is C23H26NO4-. The highest BCUT2D eigenvalue weighted by atomic mass is 16.6. The highest BCUT2D eigenvalue weighted by Crippen LogP contribution is 2.45. The highest BCUT2D eigenvalue weighted by molar-refractivity contribution is 5.86. The fourth-order valence-electron chi connectivity index (χ4n) is 4.08. The topological polar surface area (TPSA) is 69.7 Å². The molecule has 0 saturated carbocycles. The van der Waals surface area contributed by atoms with Gasteiger partial charge in [-0.1, -0.05) is 60.7 Å². The van der Waals surface area contributed by atoms with Crippen molar-refractivity contribution in [2.75, 3.05) is 6.54 Å². The lowest BCUT2D eigenvalue weighted by atomic mass is 9.73. The van der Waals surface area contributed by atoms with Crippen LogP contribution in [-0.4, -0.2) is 34.6 Å². The monoisotopic (exact) mass is 380 g/mol. The van der Waals surface area contributed by atoms with Crippen molar-refractivity contribution in [3.63, 3.8) is 0 Å². The third kappa shape index (κ3) is 3.75. The summed E-state index contributed by atoms with van der Waals surface area (Å²) >= 11 is 0. The summed E-state index contributed by atoms with van der Waals surface area (Å²) in [7, 11) is 0. The molecule has 1 fully saturated rings. The molecule has 0 radical (unpaired) electrons. The van der Waals surface area contributed by atoms with Crippen LogP contribution in [0.4, 0.5) is 4.79 Å². The molecule has 0 unspecified atom stereocenters. The van der Waals surface area contributed by atoms with Crippen LogP contribution in [0.5, 0.6) is 0 Å². The second-order valence-electron chi connectivity index (χ2n) is 8.20. The Balaban J connectivity index is 2.16. The first kappa shape index (κ1) is 19.9. The molecule has 0 bridgehead atoms. The lowest BCUT2D eigenvalue weighted by Gasteiger charge is -2.45. The van der Waals surface area contributed by atoms with Crippen LogP contribution in [0.3, 0.4) is 0 Å². The molecule has 5 nitrogen and oxygen atoms in total. The summed E-state index contributed by atoms with van der Waals surface area (Å²) in [6, 6.07) is 18.9. The van der Waals surface area contributed by atoms with Gasteiger partial charge in [0.15, 0.2) is 0 Å². The number of carboxylic acids is 1. The number of carboxylic acid groups (broad SMARTS) is 1. The number of amides is 1. The van der Waals surface area contributed by atoms with Crippen molar-refractivity contribution in [2.45, 2.75) is 50.7 Å². The summed E-state index contributed by atoms with van der Waals surface area (Å²) in [5, 5.41) is 12.6. The van der Waals surface area contributed by atoms with Crippen molar-refractivity contribution in [3.05, 3.63) is 71.8 Å². The maximum absolute atomic E-state index is 13.0. The minimum atomic E-state index is -1.51. The zero-order valence-electron chi connectivity index (χ0n) is 16.6. The molecule has 0 aromatic heterocycles. The molecule has 0 N–H and O–H groups in total. The number of carbonyl (C=O) groups is 2. The Morgan fingerprint density at radius 3 is 1.93 bits per heavy atom. The smallest absolute Gasteiger partial charge is 0.411 e. The lowest BCUT2D eigenvalue weighted by Crippen LogP contribution is -2.62. The van der Waals surface area contributed by atoms with Gasteiger partial charge in [-0.2, -0.15) is 0 Å². The van der Waals surface area contributed by atoms with E-state index < -0.39 is 29.1 Å². The fourth-order valence-corrected chi connectivity index (χ4v) is 4.08. The van der Waals surface area contributed by atoms with E-state index in [1.807, 2.05) is 60.7 Å². The number of rotatable bonds is 4. The standard InChI is InChI=1S/C23H27NO4/c1-22(2,3)28-21(27)24-16-10-15-23(24,20(25)26)19(17-11-6-4-7-12-17)18-13-8-5-9-14-18/h4-9,11-14,19H,10,15-16H2,1-3H3,(H,25,26)/p-1/t23-/m1/s1. The van der Waals surface area contributed by atoms with E-state index in [4.69, 9.17) is 4.74 Å². The van der Waals surface area contributed by atoms with E-state index in [9.17, 15) is 14.7 Å². The van der Waals surface area contributed by atoms with Crippen molar-refractivity contribution < 1.29 is 19.4 Å². The average Bonchev–Trinajstić information content (AvgIpc) is 3.08. The van der Waals surface area contributed by atoms with Crippen LogP contribution in [0.15, 0.2) is 60.7 Å². The third-order valence-corrected chi connectivity index (χ3v) is 5.13. The van der Waals surface area contributed by atoms with Crippen LogP contribution < -0.4 is 5.11 Å². The van der Waals surface area contributed by atoms with Gasteiger partial charge in [-0.25, -0.2) is 4.79 Å². The Hall–Kier alpha value is -2.82. The van der Waals surface area contributed by atoms with Gasteiger partial charge in [0.2, 0.25) is 0 Å². The van der Waals surface area contributed by atoms with Gasteiger partial charge in [-0.15, -0.1) is 0 Å². The molecule has 1 atom stereocenters. The van der Waals surface area contributed by atoms with E-state index in [2.05, 4.69) is 0 Å². The number of aliphatic carboxylic acids is 1. The lowest BCUT2D eigenvalue weighted by molar-refractivity contribution is -0.318. The average molecular weight is 380 g/mol. The molecule has 3 rings (SSSR count). The summed E-state index contributed by atoms with van der Waals surface area (Å²) in [4.78, 5) is 27.0. The SMILES string of the molecule is CC(C)(C)OC(=O)N1CCC[C@]1(C(=O)[O-])C(c1ccccc1)c1ccccc1. The molecule has 28 heavy (non-hydrogen) atoms. The van der Waals surface area contributed by atoms with Crippen LogP contribution in [0.25, 0.3) is 0 Å². The van der Waals surface area contributed by atoms with E-state index in [-0.39, 0.29) is 0 Å². The number of benzene rings is 2. The first-order valence-electron chi connectivity index (χ1n) is 9.58. The van der Waals surface area contributed by atoms with Crippen LogP contribution in [0.2, 0.25) is 0 Å². The quantitative estimate of drug-likeness (QED) is 0.816. The van der Waals surface area contributed by atoms with Gasteiger partial charge in [0.1, 0.15) is 5.60 Å². The number of nitrogens with zero attached hydrogens (tertiary/aromatic N) is 1. The van der Waals surface area contributed by atoms with E-state index in [0.29, 0.717) is 19.4 Å². The first-order chi connectivity index (χ1) is 13.3. The van der Waals surface area contributed by atoms with Gasteiger partial charge >= 0.3 is 6.09 Å². The van der Waals surface area contributed by atoms with Crippen molar-refractivity contribution >= 4 is 12.1 Å². The first-order valence-corrected chi connectivity index (χ1v) is 9.58. The zero-order chi connectivity index (χ0) is 20.4. The minimum absolute atomic E-state index is 0.309. The predicted octanol–water partition coefficient (Wildman–Crippen LogP) is 3.34. The molecule has 1 aliphatic heterocycles. The molecule has 1 amide bonds. The fraction of sp³-hybridized carbons (Fsp3) is 0.391. The molecule has 1 heterocycles. The number of carbonyl (C=O) groups excluding carboxylic acids is 2. The largest absolute Gasteiger partial charge is 0.548 e. The molecule has 2 aromatic rings. The van der Waals surface area contributed by atoms with E-state index in [1.165, 1.54) is 4.90 Å². The number of likely N-dealkylation sites (tertiary alicyclic amines) is 1. The number of hydrogen-bond acceptors (Lipinski definition) is 4. The summed E-state index contributed by atoms with van der Waals surface area (Å²) in [6.45, 7) is 5.63. The second kappa shape index (κ2) is 7.66. The van der Waals surface area contributed by atoms with Gasteiger partial charge in [0.05, 0.1) is 11.5 Å². The van der Waals surface area contributed by atoms with Crippen LogP contribution in [-0.2, 0) is 9.53 Å². The summed E-state index contributed by atoms with van der Waals surface area (Å²) in [5.74, 6) is -1.82. The second-order valence-corrected chi connectivity index (χ2v) is 8.20. The van der Waals surface area contributed by atoms with E-state index in [0.717, 1.165) is 11.1 Å². The van der Waals surface area contributed by atoms with Crippen LogP contribution in [0.1, 0.15) is 50.7 Å². The van der Waals surface area contributed by atoms with Crippen LogP contribution in [0, 0.1) is 0 Å². The normalized spacial score (nSPS) is 19.6. The predicted molar refractivity (Wildman–Crippen MR) is 105 cm³/mol. The van der Waals surface area contributed by atoms with Crippen LogP contribution >= 0.6 is 0 Å². The van der Waals surface area contributed by atoms with E-state index >= 15 is 0 Å². The van der Waals surface area contributed by atoms with Gasteiger partial charge in [-0.3, -0.25) is 4.90 Å². The van der Waals surface area contributed by atoms with Crippen molar-refractivity contribution in [3.8, 4) is 0 Å². The molecule has 0 aliphatic carbocycles. The highest BCUT2D eigenvalue weighted by Gasteiger charge is 2.52. The van der Waals surface area contributed by atoms with E-state index in [1.54, 1.807) is 20.8 Å². The Morgan fingerprint density at radius 1 is 1.00 bits per heavy atom. The number of hydrogen-bond donors (Lipinski definition) is 0. The summed E-state index contributed by atoms with van der Waals surface area (Å²) in [6.07, 6.45) is 0.262. The molecule has 148 valence electrons. The Morgan fingerprint density at radius 2 is 1.50 bits per heavy atom. The van der Waals surface area contributed by atoms with Gasteiger partial charge < -0.3 is 14.6 Å². The Kier molecular flexibility index (Phi) is 5.45. The Labute approximate surface area is 165 Å². The summed E-state index contributed by atoms with van der Waals surface area (Å²) < 4.78 is 5.54. The maximum atomic E-state index is 13.0. The molecule has 1 aliphatic rings. The maximum Gasteiger partial charge on any atom is 0.411 e.